The first-order chi connectivity index (χ1) is 6.65. The second-order valence-corrected chi connectivity index (χ2v) is 3.14. The Bertz CT molecular complexity index is 309. The summed E-state index contributed by atoms with van der Waals surface area (Å²) in [4.78, 5) is 14.7. The fourth-order valence-corrected chi connectivity index (χ4v) is 1.30. The van der Waals surface area contributed by atoms with E-state index in [2.05, 4.69) is 10.3 Å². The fourth-order valence-electron chi connectivity index (χ4n) is 1.30. The van der Waals surface area contributed by atoms with E-state index in [-0.39, 0.29) is 0 Å². The molecule has 1 rings (SSSR count). The number of carboxylic acid groups (broad SMARTS) is 1. The molecule has 0 saturated carbocycles. The van der Waals surface area contributed by atoms with Crippen molar-refractivity contribution >= 4 is 5.97 Å². The van der Waals surface area contributed by atoms with Crippen molar-refractivity contribution in [2.24, 2.45) is 0 Å². The molecule has 14 heavy (non-hydrogen) atoms. The van der Waals surface area contributed by atoms with Crippen molar-refractivity contribution in [3.8, 4) is 0 Å². The lowest BCUT2D eigenvalue weighted by Crippen LogP contribution is -2.34. The molecule has 78 valence electrons. The summed E-state index contributed by atoms with van der Waals surface area (Å²) >= 11 is 0. The Morgan fingerprint density at radius 2 is 2.50 bits per heavy atom. The molecule has 5 heteroatoms. The Balaban J connectivity index is 2.47. The molecule has 0 spiro atoms. The topological polar surface area (TPSA) is 67.2 Å². The number of rotatable bonds is 5. The highest BCUT2D eigenvalue weighted by Gasteiger charge is 2.14. The SMILES string of the molecule is CNC(CCn1ccnc1C)C(=O)O. The van der Waals surface area contributed by atoms with Gasteiger partial charge in [0.15, 0.2) is 0 Å². The molecule has 0 bridgehead atoms. The van der Waals surface area contributed by atoms with Crippen molar-refractivity contribution in [2.75, 3.05) is 7.05 Å². The van der Waals surface area contributed by atoms with Gasteiger partial charge in [-0.1, -0.05) is 0 Å². The van der Waals surface area contributed by atoms with Gasteiger partial charge in [-0.3, -0.25) is 4.79 Å². The average molecular weight is 197 g/mol. The van der Waals surface area contributed by atoms with Crippen LogP contribution in [0.2, 0.25) is 0 Å². The summed E-state index contributed by atoms with van der Waals surface area (Å²) in [5.74, 6) is 0.0931. The van der Waals surface area contributed by atoms with E-state index in [4.69, 9.17) is 5.11 Å². The Hall–Kier alpha value is -1.36. The normalized spacial score (nSPS) is 12.7. The van der Waals surface area contributed by atoms with Crippen LogP contribution in [-0.4, -0.2) is 33.7 Å². The van der Waals surface area contributed by atoms with Crippen molar-refractivity contribution in [1.29, 1.82) is 0 Å². The van der Waals surface area contributed by atoms with E-state index in [1.54, 1.807) is 13.2 Å². The van der Waals surface area contributed by atoms with Crippen LogP contribution in [-0.2, 0) is 11.3 Å². The molecule has 1 unspecified atom stereocenters. The molecule has 0 aliphatic rings. The summed E-state index contributed by atoms with van der Waals surface area (Å²) in [6.45, 7) is 2.57. The van der Waals surface area contributed by atoms with Gasteiger partial charge in [-0.25, -0.2) is 4.98 Å². The number of aryl methyl sites for hydroxylation is 2. The third-order valence-corrected chi connectivity index (χ3v) is 2.23. The highest BCUT2D eigenvalue weighted by molar-refractivity contribution is 5.73. The van der Waals surface area contributed by atoms with Crippen molar-refractivity contribution in [1.82, 2.24) is 14.9 Å². The van der Waals surface area contributed by atoms with Gasteiger partial charge in [-0.15, -0.1) is 0 Å². The summed E-state index contributed by atoms with van der Waals surface area (Å²) in [6.07, 6.45) is 4.12. The number of likely N-dealkylation sites (N-methyl/N-ethyl adjacent to an activating group) is 1. The molecular formula is C9H15N3O2. The lowest BCUT2D eigenvalue weighted by molar-refractivity contribution is -0.139. The molecule has 0 aliphatic heterocycles. The van der Waals surface area contributed by atoms with Crippen LogP contribution in [0, 0.1) is 6.92 Å². The van der Waals surface area contributed by atoms with Gasteiger partial charge >= 0.3 is 5.97 Å². The smallest absolute Gasteiger partial charge is 0.320 e. The van der Waals surface area contributed by atoms with Crippen LogP contribution < -0.4 is 5.32 Å². The van der Waals surface area contributed by atoms with Gasteiger partial charge in [0.1, 0.15) is 11.9 Å². The monoisotopic (exact) mass is 197 g/mol. The molecule has 1 aromatic rings. The van der Waals surface area contributed by atoms with Crippen LogP contribution in [0.1, 0.15) is 12.2 Å². The maximum Gasteiger partial charge on any atom is 0.320 e. The highest BCUT2D eigenvalue weighted by Crippen LogP contribution is 2.00. The molecule has 0 radical (unpaired) electrons. The number of hydrogen-bond donors (Lipinski definition) is 2. The Kier molecular flexibility index (Phi) is 3.64. The van der Waals surface area contributed by atoms with E-state index in [9.17, 15) is 4.79 Å². The zero-order valence-electron chi connectivity index (χ0n) is 8.40. The van der Waals surface area contributed by atoms with E-state index in [0.29, 0.717) is 13.0 Å². The Morgan fingerprint density at radius 3 is 2.93 bits per heavy atom. The number of carboxylic acids is 1. The van der Waals surface area contributed by atoms with Crippen LogP contribution in [0.15, 0.2) is 12.4 Å². The first-order valence-corrected chi connectivity index (χ1v) is 4.53. The number of carbonyl (C=O) groups is 1. The van der Waals surface area contributed by atoms with E-state index >= 15 is 0 Å². The molecule has 0 fully saturated rings. The van der Waals surface area contributed by atoms with Crippen molar-refractivity contribution in [3.05, 3.63) is 18.2 Å². The standard InChI is InChI=1S/C9H15N3O2/c1-7-11-4-6-12(7)5-3-8(10-2)9(13)14/h4,6,8,10H,3,5H2,1-2H3,(H,13,14). The van der Waals surface area contributed by atoms with Gasteiger partial charge < -0.3 is 15.0 Å². The van der Waals surface area contributed by atoms with Crippen LogP contribution in [0.3, 0.4) is 0 Å². The van der Waals surface area contributed by atoms with Gasteiger partial charge in [0.05, 0.1) is 0 Å². The zero-order chi connectivity index (χ0) is 10.6. The molecule has 0 aliphatic carbocycles. The number of nitrogens with one attached hydrogen (secondary N) is 1. The second kappa shape index (κ2) is 4.76. The number of aromatic nitrogens is 2. The van der Waals surface area contributed by atoms with Gasteiger partial charge in [0.2, 0.25) is 0 Å². The maximum absolute atomic E-state index is 10.7. The lowest BCUT2D eigenvalue weighted by Gasteiger charge is -2.11. The largest absolute Gasteiger partial charge is 0.480 e. The van der Waals surface area contributed by atoms with Crippen LogP contribution in [0.5, 0.6) is 0 Å². The number of aliphatic carboxylic acids is 1. The van der Waals surface area contributed by atoms with Crippen LogP contribution in [0.4, 0.5) is 0 Å². The van der Waals surface area contributed by atoms with Crippen LogP contribution >= 0.6 is 0 Å². The molecule has 1 atom stereocenters. The quantitative estimate of drug-likeness (QED) is 0.710. The Morgan fingerprint density at radius 1 is 1.79 bits per heavy atom. The molecule has 2 N–H and O–H groups in total. The van der Waals surface area contributed by atoms with E-state index in [1.165, 1.54) is 0 Å². The summed E-state index contributed by atoms with van der Waals surface area (Å²) in [5.41, 5.74) is 0. The number of imidazole rings is 1. The molecular weight excluding hydrogens is 182 g/mol. The van der Waals surface area contributed by atoms with Gasteiger partial charge in [-0.05, 0) is 20.4 Å². The first-order valence-electron chi connectivity index (χ1n) is 4.53. The molecule has 0 saturated heterocycles. The molecule has 0 aromatic carbocycles. The summed E-state index contributed by atoms with van der Waals surface area (Å²) < 4.78 is 1.94. The van der Waals surface area contributed by atoms with E-state index in [1.807, 2.05) is 17.7 Å². The van der Waals surface area contributed by atoms with Crippen molar-refractivity contribution in [2.45, 2.75) is 25.9 Å². The summed E-state index contributed by atoms with van der Waals surface area (Å²) in [6, 6.07) is -0.489. The van der Waals surface area contributed by atoms with Crippen LogP contribution in [0.25, 0.3) is 0 Å². The van der Waals surface area contributed by atoms with Gasteiger partial charge in [0, 0.05) is 18.9 Å². The summed E-state index contributed by atoms with van der Waals surface area (Å²) in [5, 5.41) is 11.5. The van der Waals surface area contributed by atoms with Gasteiger partial charge in [-0.2, -0.15) is 0 Å². The maximum atomic E-state index is 10.7. The third kappa shape index (κ3) is 2.56. The summed E-state index contributed by atoms with van der Waals surface area (Å²) in [7, 11) is 1.65. The first kappa shape index (κ1) is 10.7. The fraction of sp³-hybridized carbons (Fsp3) is 0.556. The number of nitrogens with zero attached hydrogens (tertiary/aromatic N) is 2. The molecule has 1 aromatic heterocycles. The van der Waals surface area contributed by atoms with Crippen molar-refractivity contribution < 1.29 is 9.90 Å². The minimum Gasteiger partial charge on any atom is -0.480 e. The molecule has 1 heterocycles. The van der Waals surface area contributed by atoms with E-state index < -0.39 is 12.0 Å². The third-order valence-electron chi connectivity index (χ3n) is 2.23. The van der Waals surface area contributed by atoms with Gasteiger partial charge in [0.25, 0.3) is 0 Å². The Labute approximate surface area is 82.8 Å². The predicted molar refractivity (Wildman–Crippen MR) is 52.1 cm³/mol. The minimum absolute atomic E-state index is 0.489. The molecule has 0 amide bonds. The van der Waals surface area contributed by atoms with E-state index in [0.717, 1.165) is 5.82 Å². The molecule has 5 nitrogen and oxygen atoms in total. The zero-order valence-corrected chi connectivity index (χ0v) is 8.40. The highest BCUT2D eigenvalue weighted by atomic mass is 16.4. The second-order valence-electron chi connectivity index (χ2n) is 3.14. The average Bonchev–Trinajstić information content (AvgIpc) is 2.52. The van der Waals surface area contributed by atoms with Crippen molar-refractivity contribution in [3.63, 3.8) is 0 Å². The number of hydrogen-bond acceptors (Lipinski definition) is 3. The predicted octanol–water partition coefficient (Wildman–Crippen LogP) is 0.254. The minimum atomic E-state index is -0.815. The lowest BCUT2D eigenvalue weighted by atomic mass is 10.2.